The number of Topliss-reactive ketones (excluding diaryl/α,β-unsaturated/α-hetero) is 5. The maximum absolute atomic E-state index is 11.6. The minimum Gasteiger partial charge on any atom is -0.393 e. The fraction of sp³-hybridized carbons (Fsp3) is 0.545. The van der Waals surface area contributed by atoms with Gasteiger partial charge in [-0.3, -0.25) is 24.0 Å². The third-order valence-corrected chi connectivity index (χ3v) is 2.68. The molecule has 0 aromatic carbocycles. The van der Waals surface area contributed by atoms with Crippen molar-refractivity contribution in [1.82, 2.24) is 0 Å². The average Bonchev–Trinajstić information content (AvgIpc) is 2.33. The number of carbonyl (C=O) groups is 5. The fourth-order valence-corrected chi connectivity index (χ4v) is 1.54. The Bertz CT molecular complexity index is 465. The molecule has 19 heavy (non-hydrogen) atoms. The molecule has 8 nitrogen and oxygen atoms in total. The second-order valence-corrected chi connectivity index (χ2v) is 4.06. The zero-order valence-electron chi connectivity index (χ0n) is 10.6. The molecular weight excluding hydrogens is 260 g/mol. The number of ketones is 5. The number of aliphatic hydroxyl groups is 3. The van der Waals surface area contributed by atoms with Gasteiger partial charge in [0, 0.05) is 13.8 Å². The lowest BCUT2D eigenvalue weighted by Crippen LogP contribution is -2.71. The molecule has 0 aliphatic rings. The first-order chi connectivity index (χ1) is 8.46. The van der Waals surface area contributed by atoms with Crippen molar-refractivity contribution in [3.63, 3.8) is 0 Å². The summed E-state index contributed by atoms with van der Waals surface area (Å²) in [5.41, 5.74) is -6.90. The summed E-state index contributed by atoms with van der Waals surface area (Å²) in [4.78, 5) is 56.5. The smallest absolute Gasteiger partial charge is 0.240 e. The summed E-state index contributed by atoms with van der Waals surface area (Å²) in [5.74, 6) is -7.60. The van der Waals surface area contributed by atoms with Crippen LogP contribution in [-0.2, 0) is 24.0 Å². The lowest BCUT2D eigenvalue weighted by molar-refractivity contribution is -0.193. The maximum atomic E-state index is 11.6. The summed E-state index contributed by atoms with van der Waals surface area (Å²) >= 11 is 0. The number of aliphatic hydroxyl groups excluding tert-OH is 1. The topological polar surface area (TPSA) is 146 Å². The lowest BCUT2D eigenvalue weighted by atomic mass is 9.73. The first kappa shape index (κ1) is 17.2. The fourth-order valence-electron chi connectivity index (χ4n) is 1.54. The third-order valence-electron chi connectivity index (χ3n) is 2.68. The molecule has 0 aromatic heterocycles. The molecule has 0 aliphatic heterocycles. The SMILES string of the molecule is CC(=O)C(=O)C(O)(CO)C(O)(C(C)=O)C(=O)C(C)=O. The molecule has 0 bridgehead atoms. The second kappa shape index (κ2) is 5.47. The number of carbonyl (C=O) groups excluding carboxylic acids is 5. The maximum Gasteiger partial charge on any atom is 0.240 e. The van der Waals surface area contributed by atoms with Gasteiger partial charge in [0.1, 0.15) is 0 Å². The molecule has 0 fully saturated rings. The van der Waals surface area contributed by atoms with Crippen molar-refractivity contribution in [1.29, 1.82) is 0 Å². The van der Waals surface area contributed by atoms with Crippen molar-refractivity contribution in [2.75, 3.05) is 6.61 Å². The molecule has 106 valence electrons. The third kappa shape index (κ3) is 2.50. The van der Waals surface area contributed by atoms with Crippen LogP contribution in [0, 0.1) is 0 Å². The van der Waals surface area contributed by atoms with Crippen molar-refractivity contribution in [2.45, 2.75) is 32.0 Å². The molecule has 0 spiro atoms. The number of hydrogen-bond acceptors (Lipinski definition) is 8. The van der Waals surface area contributed by atoms with E-state index in [4.69, 9.17) is 5.11 Å². The summed E-state index contributed by atoms with van der Waals surface area (Å²) in [6.07, 6.45) is 0. The molecule has 2 atom stereocenters. The van der Waals surface area contributed by atoms with Crippen LogP contribution in [-0.4, -0.2) is 62.0 Å². The lowest BCUT2D eigenvalue weighted by Gasteiger charge is -2.36. The van der Waals surface area contributed by atoms with Gasteiger partial charge in [-0.2, -0.15) is 0 Å². The summed E-state index contributed by atoms with van der Waals surface area (Å²) in [6.45, 7) is 0.462. The van der Waals surface area contributed by atoms with Crippen molar-refractivity contribution in [3.8, 4) is 0 Å². The highest BCUT2D eigenvalue weighted by molar-refractivity contribution is 6.48. The van der Waals surface area contributed by atoms with E-state index >= 15 is 0 Å². The van der Waals surface area contributed by atoms with Crippen LogP contribution < -0.4 is 0 Å². The minimum absolute atomic E-state index is 0.634. The van der Waals surface area contributed by atoms with Crippen LogP contribution in [0.5, 0.6) is 0 Å². The summed E-state index contributed by atoms with van der Waals surface area (Å²) in [5, 5.41) is 28.9. The van der Waals surface area contributed by atoms with Crippen LogP contribution in [0.2, 0.25) is 0 Å². The molecule has 0 saturated heterocycles. The van der Waals surface area contributed by atoms with Crippen LogP contribution in [0.15, 0.2) is 0 Å². The van der Waals surface area contributed by atoms with Gasteiger partial charge in [0.15, 0.2) is 23.0 Å². The second-order valence-electron chi connectivity index (χ2n) is 4.06. The van der Waals surface area contributed by atoms with E-state index in [2.05, 4.69) is 0 Å². The van der Waals surface area contributed by atoms with Gasteiger partial charge in [-0.1, -0.05) is 0 Å². The van der Waals surface area contributed by atoms with Gasteiger partial charge < -0.3 is 15.3 Å². The summed E-state index contributed by atoms with van der Waals surface area (Å²) in [7, 11) is 0. The average molecular weight is 274 g/mol. The molecule has 0 radical (unpaired) electrons. The molecule has 0 aromatic rings. The van der Waals surface area contributed by atoms with Crippen molar-refractivity contribution >= 4 is 28.9 Å². The van der Waals surface area contributed by atoms with E-state index in [9.17, 15) is 34.2 Å². The van der Waals surface area contributed by atoms with Gasteiger partial charge in [0.25, 0.3) is 0 Å². The van der Waals surface area contributed by atoms with Crippen LogP contribution in [0.3, 0.4) is 0 Å². The quantitative estimate of drug-likeness (QED) is 0.337. The molecular formula is C11H14O8. The molecule has 3 N–H and O–H groups in total. The Hall–Kier alpha value is -1.77. The zero-order chi connectivity index (χ0) is 15.6. The molecule has 0 amide bonds. The van der Waals surface area contributed by atoms with Crippen molar-refractivity contribution < 1.29 is 39.3 Å². The van der Waals surface area contributed by atoms with Crippen LogP contribution in [0.25, 0.3) is 0 Å². The Balaban J connectivity index is 6.20. The minimum atomic E-state index is -3.50. The predicted molar refractivity (Wildman–Crippen MR) is 59.0 cm³/mol. The number of hydrogen-bond donors (Lipinski definition) is 3. The highest BCUT2D eigenvalue weighted by Crippen LogP contribution is 2.27. The Morgan fingerprint density at radius 3 is 1.42 bits per heavy atom. The molecule has 0 rings (SSSR count). The molecule has 0 saturated carbocycles. The molecule has 0 aliphatic carbocycles. The van der Waals surface area contributed by atoms with E-state index in [0.29, 0.717) is 20.8 Å². The van der Waals surface area contributed by atoms with E-state index in [-0.39, 0.29) is 0 Å². The van der Waals surface area contributed by atoms with Crippen LogP contribution in [0.4, 0.5) is 0 Å². The Morgan fingerprint density at radius 1 is 0.842 bits per heavy atom. The summed E-state index contributed by atoms with van der Waals surface area (Å²) in [6, 6.07) is 0. The molecule has 0 heterocycles. The van der Waals surface area contributed by atoms with Crippen molar-refractivity contribution in [3.05, 3.63) is 0 Å². The van der Waals surface area contributed by atoms with E-state index in [1.807, 2.05) is 0 Å². The van der Waals surface area contributed by atoms with Gasteiger partial charge in [-0.15, -0.1) is 0 Å². The van der Waals surface area contributed by atoms with E-state index < -0.39 is 46.7 Å². The monoisotopic (exact) mass is 274 g/mol. The van der Waals surface area contributed by atoms with Gasteiger partial charge >= 0.3 is 0 Å². The van der Waals surface area contributed by atoms with E-state index in [0.717, 1.165) is 0 Å². The van der Waals surface area contributed by atoms with Gasteiger partial charge in [0.2, 0.25) is 17.2 Å². The Labute approximate surface area is 108 Å². The van der Waals surface area contributed by atoms with Crippen LogP contribution in [0.1, 0.15) is 20.8 Å². The number of rotatable bonds is 7. The van der Waals surface area contributed by atoms with Crippen LogP contribution >= 0.6 is 0 Å². The molecule has 2 unspecified atom stereocenters. The molecule has 8 heteroatoms. The highest BCUT2D eigenvalue weighted by Gasteiger charge is 2.64. The first-order valence-corrected chi connectivity index (χ1v) is 5.14. The summed E-state index contributed by atoms with van der Waals surface area (Å²) < 4.78 is 0. The normalized spacial score (nSPS) is 16.9. The van der Waals surface area contributed by atoms with Gasteiger partial charge in [0.05, 0.1) is 6.61 Å². The van der Waals surface area contributed by atoms with Gasteiger partial charge in [-0.25, -0.2) is 0 Å². The highest BCUT2D eigenvalue weighted by atomic mass is 16.4. The standard InChI is InChI=1S/C11H14O8/c1-5(13)8(16)10(18,4-12)11(19,7(3)15)9(17)6(2)14/h12,18-19H,4H2,1-3H3. The van der Waals surface area contributed by atoms with Gasteiger partial charge in [-0.05, 0) is 6.92 Å². The van der Waals surface area contributed by atoms with E-state index in [1.54, 1.807) is 0 Å². The Kier molecular flexibility index (Phi) is 4.96. The Morgan fingerprint density at radius 2 is 1.21 bits per heavy atom. The zero-order valence-corrected chi connectivity index (χ0v) is 10.6. The van der Waals surface area contributed by atoms with E-state index in [1.165, 1.54) is 0 Å². The largest absolute Gasteiger partial charge is 0.393 e. The first-order valence-electron chi connectivity index (χ1n) is 5.14. The van der Waals surface area contributed by atoms with Crippen molar-refractivity contribution in [2.24, 2.45) is 0 Å². The predicted octanol–water partition coefficient (Wildman–Crippen LogP) is -2.65.